The lowest BCUT2D eigenvalue weighted by Crippen LogP contribution is -2.41. The number of carbonyl (C=O) groups excluding carboxylic acids is 3. The summed E-state index contributed by atoms with van der Waals surface area (Å²) in [5.74, 6) is -1.13. The number of para-hydroxylation sites is 1. The summed E-state index contributed by atoms with van der Waals surface area (Å²) in [6.07, 6.45) is 1.48. The van der Waals surface area contributed by atoms with E-state index in [1.54, 1.807) is 12.1 Å². The SMILES string of the molecule is C=CCNC(=O)NC(=O)COc1ccccc1C(N)=O. The average molecular weight is 277 g/mol. The second-order valence-corrected chi connectivity index (χ2v) is 3.70. The first-order chi connectivity index (χ1) is 9.54. The highest BCUT2D eigenvalue weighted by molar-refractivity contribution is 5.96. The van der Waals surface area contributed by atoms with Gasteiger partial charge in [-0.05, 0) is 12.1 Å². The van der Waals surface area contributed by atoms with Crippen molar-refractivity contribution in [2.24, 2.45) is 5.73 Å². The molecule has 0 saturated heterocycles. The van der Waals surface area contributed by atoms with Crippen molar-refractivity contribution in [3.8, 4) is 5.75 Å². The van der Waals surface area contributed by atoms with Gasteiger partial charge >= 0.3 is 6.03 Å². The number of carbonyl (C=O) groups is 3. The van der Waals surface area contributed by atoms with Crippen molar-refractivity contribution in [2.75, 3.05) is 13.2 Å². The molecule has 106 valence electrons. The molecule has 4 N–H and O–H groups in total. The Balaban J connectivity index is 2.51. The van der Waals surface area contributed by atoms with Crippen LogP contribution in [0, 0.1) is 0 Å². The molecule has 0 fully saturated rings. The third kappa shape index (κ3) is 4.81. The van der Waals surface area contributed by atoms with E-state index in [9.17, 15) is 14.4 Å². The van der Waals surface area contributed by atoms with Gasteiger partial charge in [-0.15, -0.1) is 6.58 Å². The average Bonchev–Trinajstić information content (AvgIpc) is 2.43. The van der Waals surface area contributed by atoms with Crippen LogP contribution in [0.25, 0.3) is 0 Å². The Kier molecular flexibility index (Phi) is 5.76. The predicted octanol–water partition coefficient (Wildman–Crippen LogP) is 0.176. The van der Waals surface area contributed by atoms with Crippen molar-refractivity contribution in [3.63, 3.8) is 0 Å². The topological polar surface area (TPSA) is 111 Å². The Morgan fingerprint density at radius 3 is 2.65 bits per heavy atom. The molecule has 0 bridgehead atoms. The van der Waals surface area contributed by atoms with Crippen LogP contribution < -0.4 is 21.1 Å². The minimum absolute atomic E-state index is 0.163. The third-order valence-corrected chi connectivity index (χ3v) is 2.17. The van der Waals surface area contributed by atoms with Crippen LogP contribution in [-0.2, 0) is 4.79 Å². The molecule has 0 aliphatic heterocycles. The van der Waals surface area contributed by atoms with Gasteiger partial charge in [-0.3, -0.25) is 14.9 Å². The number of rotatable bonds is 6. The van der Waals surface area contributed by atoms with Crippen LogP contribution in [0.4, 0.5) is 4.79 Å². The first-order valence-corrected chi connectivity index (χ1v) is 5.74. The Morgan fingerprint density at radius 1 is 1.30 bits per heavy atom. The standard InChI is InChI=1S/C13H15N3O4/c1-2-7-15-13(19)16-11(17)8-20-10-6-4-3-5-9(10)12(14)18/h2-6H,1,7-8H2,(H2,14,18)(H2,15,16,17,19). The Bertz CT molecular complexity index is 528. The van der Waals surface area contributed by atoms with E-state index in [2.05, 4.69) is 17.2 Å². The molecule has 0 saturated carbocycles. The summed E-state index contributed by atoms with van der Waals surface area (Å²) in [5.41, 5.74) is 5.33. The minimum Gasteiger partial charge on any atom is -0.483 e. The number of primary amides is 1. The lowest BCUT2D eigenvalue weighted by atomic mass is 10.2. The highest BCUT2D eigenvalue weighted by Gasteiger charge is 2.11. The van der Waals surface area contributed by atoms with Crippen LogP contribution in [0.15, 0.2) is 36.9 Å². The zero-order chi connectivity index (χ0) is 15.0. The molecular weight excluding hydrogens is 262 g/mol. The van der Waals surface area contributed by atoms with Gasteiger partial charge in [-0.25, -0.2) is 4.79 Å². The molecule has 4 amide bonds. The fraction of sp³-hybridized carbons (Fsp3) is 0.154. The van der Waals surface area contributed by atoms with Crippen LogP contribution in [0.3, 0.4) is 0 Å². The van der Waals surface area contributed by atoms with Gasteiger partial charge in [-0.1, -0.05) is 18.2 Å². The Hall–Kier alpha value is -2.83. The van der Waals surface area contributed by atoms with Gasteiger partial charge in [0, 0.05) is 6.54 Å². The number of nitrogens with one attached hydrogen (secondary N) is 2. The van der Waals surface area contributed by atoms with Crippen LogP contribution in [0.5, 0.6) is 5.75 Å². The molecule has 0 heterocycles. The Morgan fingerprint density at radius 2 is 2.00 bits per heavy atom. The van der Waals surface area contributed by atoms with E-state index in [1.165, 1.54) is 18.2 Å². The molecule has 1 aromatic carbocycles. The minimum atomic E-state index is -0.662. The first-order valence-electron chi connectivity index (χ1n) is 5.74. The van der Waals surface area contributed by atoms with Gasteiger partial charge in [0.25, 0.3) is 11.8 Å². The van der Waals surface area contributed by atoms with Crippen molar-refractivity contribution in [3.05, 3.63) is 42.5 Å². The largest absolute Gasteiger partial charge is 0.483 e. The molecule has 1 rings (SSSR count). The monoisotopic (exact) mass is 277 g/mol. The fourth-order valence-electron chi connectivity index (χ4n) is 1.31. The van der Waals surface area contributed by atoms with Gasteiger partial charge in [0.2, 0.25) is 0 Å². The summed E-state index contributed by atoms with van der Waals surface area (Å²) in [6.45, 7) is 3.25. The molecule has 0 unspecified atom stereocenters. The van der Waals surface area contributed by atoms with Gasteiger partial charge in [0.1, 0.15) is 5.75 Å². The molecule has 1 aromatic rings. The van der Waals surface area contributed by atoms with E-state index >= 15 is 0 Å². The third-order valence-electron chi connectivity index (χ3n) is 2.17. The number of hydrogen-bond acceptors (Lipinski definition) is 4. The molecule has 0 aromatic heterocycles. The number of urea groups is 1. The summed E-state index contributed by atoms with van der Waals surface area (Å²) < 4.78 is 5.15. The second-order valence-electron chi connectivity index (χ2n) is 3.70. The highest BCUT2D eigenvalue weighted by atomic mass is 16.5. The van der Waals surface area contributed by atoms with Crippen molar-refractivity contribution < 1.29 is 19.1 Å². The number of ether oxygens (including phenoxy) is 1. The number of imide groups is 1. The maximum atomic E-state index is 11.4. The maximum absolute atomic E-state index is 11.4. The normalized spacial score (nSPS) is 9.40. The number of nitrogens with two attached hydrogens (primary N) is 1. The molecule has 0 aliphatic carbocycles. The first kappa shape index (κ1) is 15.2. The molecule has 7 heteroatoms. The zero-order valence-electron chi connectivity index (χ0n) is 10.7. The molecule has 0 aliphatic rings. The maximum Gasteiger partial charge on any atom is 0.321 e. The van der Waals surface area contributed by atoms with Gasteiger partial charge in [0.15, 0.2) is 6.61 Å². The van der Waals surface area contributed by atoms with E-state index < -0.39 is 24.5 Å². The van der Waals surface area contributed by atoms with Crippen molar-refractivity contribution in [1.82, 2.24) is 10.6 Å². The van der Waals surface area contributed by atoms with E-state index in [0.717, 1.165) is 0 Å². The lowest BCUT2D eigenvalue weighted by Gasteiger charge is -2.09. The fourth-order valence-corrected chi connectivity index (χ4v) is 1.31. The van der Waals surface area contributed by atoms with Gasteiger partial charge in [0.05, 0.1) is 5.56 Å². The number of hydrogen-bond donors (Lipinski definition) is 3. The van der Waals surface area contributed by atoms with E-state index in [4.69, 9.17) is 10.5 Å². The van der Waals surface area contributed by atoms with Crippen LogP contribution in [-0.4, -0.2) is 31.0 Å². The van der Waals surface area contributed by atoms with Crippen LogP contribution in [0.2, 0.25) is 0 Å². The zero-order valence-corrected chi connectivity index (χ0v) is 10.7. The molecule has 7 nitrogen and oxygen atoms in total. The molecule has 20 heavy (non-hydrogen) atoms. The van der Waals surface area contributed by atoms with E-state index in [1.807, 2.05) is 0 Å². The van der Waals surface area contributed by atoms with Gasteiger partial charge < -0.3 is 15.8 Å². The molecule has 0 spiro atoms. The number of amides is 4. The quantitative estimate of drug-likeness (QED) is 0.644. The van der Waals surface area contributed by atoms with E-state index in [0.29, 0.717) is 0 Å². The van der Waals surface area contributed by atoms with Crippen LogP contribution in [0.1, 0.15) is 10.4 Å². The molecule has 0 atom stereocenters. The summed E-state index contributed by atoms with van der Waals surface area (Å²) in [5, 5.41) is 4.43. The summed E-state index contributed by atoms with van der Waals surface area (Å²) in [7, 11) is 0. The van der Waals surface area contributed by atoms with Crippen LogP contribution >= 0.6 is 0 Å². The second kappa shape index (κ2) is 7.57. The summed E-state index contributed by atoms with van der Waals surface area (Å²) >= 11 is 0. The smallest absolute Gasteiger partial charge is 0.321 e. The van der Waals surface area contributed by atoms with Crippen molar-refractivity contribution in [2.45, 2.75) is 0 Å². The predicted molar refractivity (Wildman–Crippen MR) is 72.2 cm³/mol. The number of benzene rings is 1. The van der Waals surface area contributed by atoms with Gasteiger partial charge in [-0.2, -0.15) is 0 Å². The Labute approximate surface area is 115 Å². The lowest BCUT2D eigenvalue weighted by molar-refractivity contribution is -0.122. The molecule has 0 radical (unpaired) electrons. The van der Waals surface area contributed by atoms with Crippen molar-refractivity contribution >= 4 is 17.8 Å². The summed E-state index contributed by atoms with van der Waals surface area (Å²) in [4.78, 5) is 33.7. The summed E-state index contributed by atoms with van der Waals surface area (Å²) in [6, 6.07) is 5.59. The highest BCUT2D eigenvalue weighted by Crippen LogP contribution is 2.16. The van der Waals surface area contributed by atoms with E-state index in [-0.39, 0.29) is 17.9 Å². The molecular formula is C13H15N3O4. The van der Waals surface area contributed by atoms with Crippen molar-refractivity contribution in [1.29, 1.82) is 0 Å².